The Morgan fingerprint density at radius 1 is 1.24 bits per heavy atom. The van der Waals surface area contributed by atoms with Gasteiger partial charge >= 0.3 is 5.92 Å². The van der Waals surface area contributed by atoms with Gasteiger partial charge in [0.2, 0.25) is 5.91 Å². The van der Waals surface area contributed by atoms with Gasteiger partial charge in [-0.05, 0) is 45.8 Å². The smallest absolute Gasteiger partial charge is 0.302 e. The number of likely N-dealkylation sites (N-methyl/N-ethyl adjacent to an activating group) is 2. The van der Waals surface area contributed by atoms with E-state index in [9.17, 15) is 18.4 Å². The lowest BCUT2D eigenvalue weighted by atomic mass is 10.2. The van der Waals surface area contributed by atoms with Crippen molar-refractivity contribution in [1.29, 1.82) is 0 Å². The topological polar surface area (TPSA) is 77.6 Å². The van der Waals surface area contributed by atoms with Gasteiger partial charge in [-0.25, -0.2) is 0 Å². The van der Waals surface area contributed by atoms with Crippen LogP contribution in [0, 0.1) is 0 Å². The molecule has 0 bridgehead atoms. The summed E-state index contributed by atoms with van der Waals surface area (Å²) >= 11 is 0. The number of alkyl halides is 2. The molecule has 0 radical (unpaired) electrons. The van der Waals surface area contributed by atoms with Crippen LogP contribution in [0.4, 0.5) is 8.78 Å². The highest BCUT2D eigenvalue weighted by Crippen LogP contribution is 2.12. The average Bonchev–Trinajstić information content (AvgIpc) is 2.69. The highest BCUT2D eigenvalue weighted by Gasteiger charge is 2.23. The van der Waals surface area contributed by atoms with Gasteiger partial charge in [-0.15, -0.1) is 0 Å². The van der Waals surface area contributed by atoms with Crippen molar-refractivity contribution >= 4 is 12.2 Å². The van der Waals surface area contributed by atoms with Crippen LogP contribution in [-0.2, 0) is 22.7 Å². The maximum Gasteiger partial charge on any atom is 0.302 e. The van der Waals surface area contributed by atoms with Crippen LogP contribution in [-0.4, -0.2) is 80.2 Å². The first-order valence-electron chi connectivity index (χ1n) is 9.74. The maximum absolute atomic E-state index is 12.2. The van der Waals surface area contributed by atoms with Crippen molar-refractivity contribution in [2.24, 2.45) is 0 Å². The van der Waals surface area contributed by atoms with E-state index in [1.165, 1.54) is 12.5 Å². The van der Waals surface area contributed by atoms with Crippen molar-refractivity contribution in [3.63, 3.8) is 0 Å². The summed E-state index contributed by atoms with van der Waals surface area (Å²) in [6.07, 6.45) is 1.06. The van der Waals surface area contributed by atoms with E-state index < -0.39 is 12.3 Å². The normalized spacial score (nSPS) is 11.0. The van der Waals surface area contributed by atoms with Crippen molar-refractivity contribution < 1.29 is 18.4 Å². The molecule has 0 aromatic carbocycles. The van der Waals surface area contributed by atoms with Gasteiger partial charge in [0.1, 0.15) is 0 Å². The number of hydrogen-bond donors (Lipinski definition) is 2. The Kier molecular flexibility index (Phi) is 13.9. The van der Waals surface area contributed by atoms with E-state index in [0.717, 1.165) is 31.9 Å². The predicted molar refractivity (Wildman–Crippen MR) is 111 cm³/mol. The van der Waals surface area contributed by atoms with Crippen molar-refractivity contribution in [3.05, 3.63) is 29.6 Å². The first-order valence-corrected chi connectivity index (χ1v) is 9.74. The average molecular weight is 416 g/mol. The third kappa shape index (κ3) is 13.0. The van der Waals surface area contributed by atoms with Gasteiger partial charge in [-0.3, -0.25) is 14.6 Å². The highest BCUT2D eigenvalue weighted by molar-refractivity contribution is 5.78. The monoisotopic (exact) mass is 415 g/mol. The lowest BCUT2D eigenvalue weighted by Gasteiger charge is -2.23. The maximum atomic E-state index is 12.2. The van der Waals surface area contributed by atoms with Crippen LogP contribution in [0.5, 0.6) is 0 Å². The predicted octanol–water partition coefficient (Wildman–Crippen LogP) is 1.53. The van der Waals surface area contributed by atoms with Crippen LogP contribution < -0.4 is 10.6 Å². The molecule has 1 heterocycles. The standard InChI is InChI=1S/C16H29N5O.C4H6F2O/c1-5-21(9-8-20(3)4)16(22)13-18-12-15-10-14(11-17-2)6-7-19-15;1-2-4(5,6)3-7/h6-7,10,17-18H,5,8-9,11-13H2,1-4H3;3H,2H2,1H3. The fourth-order valence-corrected chi connectivity index (χ4v) is 2.21. The molecule has 0 fully saturated rings. The third-order valence-corrected chi connectivity index (χ3v) is 4.04. The Morgan fingerprint density at radius 3 is 2.41 bits per heavy atom. The zero-order valence-corrected chi connectivity index (χ0v) is 18.2. The van der Waals surface area contributed by atoms with Crippen molar-refractivity contribution in [1.82, 2.24) is 25.4 Å². The Balaban J connectivity index is 0.000000956. The van der Waals surface area contributed by atoms with Gasteiger partial charge in [-0.2, -0.15) is 8.78 Å². The van der Waals surface area contributed by atoms with E-state index in [1.807, 2.05) is 39.0 Å². The Bertz CT molecular complexity index is 600. The number of carbonyl (C=O) groups is 2. The molecule has 29 heavy (non-hydrogen) atoms. The number of rotatable bonds is 12. The zero-order chi connectivity index (χ0) is 22.3. The number of hydrogen-bond acceptors (Lipinski definition) is 6. The molecule has 0 spiro atoms. The summed E-state index contributed by atoms with van der Waals surface area (Å²) in [4.78, 5) is 29.7. The van der Waals surface area contributed by atoms with E-state index in [0.29, 0.717) is 13.1 Å². The summed E-state index contributed by atoms with van der Waals surface area (Å²) in [6.45, 7) is 7.43. The van der Waals surface area contributed by atoms with E-state index in [-0.39, 0.29) is 12.2 Å². The van der Waals surface area contributed by atoms with Gasteiger partial charge in [0.05, 0.1) is 12.2 Å². The molecule has 0 saturated carbocycles. The molecule has 0 aliphatic rings. The number of aldehydes is 1. The van der Waals surface area contributed by atoms with E-state index in [2.05, 4.69) is 26.6 Å². The molecule has 1 aromatic heterocycles. The number of carbonyl (C=O) groups excluding carboxylic acids is 2. The largest absolute Gasteiger partial charge is 0.341 e. The molecule has 1 amide bonds. The molecular formula is C20H35F2N5O2. The third-order valence-electron chi connectivity index (χ3n) is 4.04. The van der Waals surface area contributed by atoms with Crippen LogP contribution in [0.2, 0.25) is 0 Å². The second kappa shape index (κ2) is 14.9. The minimum absolute atomic E-state index is 0.135. The van der Waals surface area contributed by atoms with Crippen molar-refractivity contribution in [2.75, 3.05) is 47.3 Å². The summed E-state index contributed by atoms with van der Waals surface area (Å²) in [5.41, 5.74) is 2.15. The first kappa shape index (κ1) is 27.0. The van der Waals surface area contributed by atoms with Crippen LogP contribution >= 0.6 is 0 Å². The van der Waals surface area contributed by atoms with Crippen molar-refractivity contribution in [3.8, 4) is 0 Å². The Morgan fingerprint density at radius 2 is 1.93 bits per heavy atom. The van der Waals surface area contributed by atoms with E-state index in [1.54, 1.807) is 6.20 Å². The lowest BCUT2D eigenvalue weighted by molar-refractivity contribution is -0.130. The molecular weight excluding hydrogens is 380 g/mol. The summed E-state index contributed by atoms with van der Waals surface area (Å²) in [6, 6.07) is 4.04. The number of nitrogens with zero attached hydrogens (tertiary/aromatic N) is 3. The number of nitrogens with one attached hydrogen (secondary N) is 2. The molecule has 1 aromatic rings. The molecule has 166 valence electrons. The van der Waals surface area contributed by atoms with Gasteiger partial charge in [-0.1, -0.05) is 6.92 Å². The summed E-state index contributed by atoms with van der Waals surface area (Å²) in [7, 11) is 5.95. The second-order valence-corrected chi connectivity index (χ2v) is 6.80. The van der Waals surface area contributed by atoms with Crippen LogP contribution in [0.3, 0.4) is 0 Å². The number of aromatic nitrogens is 1. The number of pyridine rings is 1. The molecule has 0 aliphatic carbocycles. The van der Waals surface area contributed by atoms with Crippen LogP contribution in [0.15, 0.2) is 18.3 Å². The molecule has 0 unspecified atom stereocenters. The van der Waals surface area contributed by atoms with E-state index >= 15 is 0 Å². The van der Waals surface area contributed by atoms with Crippen LogP contribution in [0.1, 0.15) is 31.5 Å². The van der Waals surface area contributed by atoms with Crippen LogP contribution in [0.25, 0.3) is 0 Å². The first-order chi connectivity index (χ1) is 13.7. The molecule has 9 heteroatoms. The lowest BCUT2D eigenvalue weighted by Crippen LogP contribution is -2.41. The zero-order valence-electron chi connectivity index (χ0n) is 18.2. The molecule has 7 nitrogen and oxygen atoms in total. The molecule has 0 aliphatic heterocycles. The number of halogens is 2. The summed E-state index contributed by atoms with van der Waals surface area (Å²) in [5, 5.41) is 6.30. The fraction of sp³-hybridized carbons (Fsp3) is 0.650. The summed E-state index contributed by atoms with van der Waals surface area (Å²) < 4.78 is 23.0. The molecule has 2 N–H and O–H groups in total. The van der Waals surface area contributed by atoms with Gasteiger partial charge in [0.15, 0.2) is 6.29 Å². The Labute approximate surface area is 172 Å². The second-order valence-electron chi connectivity index (χ2n) is 6.80. The fourth-order valence-electron chi connectivity index (χ4n) is 2.21. The van der Waals surface area contributed by atoms with Crippen molar-refractivity contribution in [2.45, 2.75) is 39.3 Å². The number of amides is 1. The quantitative estimate of drug-likeness (QED) is 0.504. The van der Waals surface area contributed by atoms with E-state index in [4.69, 9.17) is 0 Å². The Hall–Kier alpha value is -1.97. The van der Waals surface area contributed by atoms with Gasteiger partial charge in [0.25, 0.3) is 0 Å². The SMILES string of the molecule is CCC(F)(F)C=O.CCN(CCN(C)C)C(=O)CNCc1cc(CNC)ccn1. The minimum atomic E-state index is -3.10. The molecule has 1 rings (SSSR count). The molecule has 0 saturated heterocycles. The minimum Gasteiger partial charge on any atom is -0.341 e. The van der Waals surface area contributed by atoms with Gasteiger partial charge in [0, 0.05) is 45.3 Å². The highest BCUT2D eigenvalue weighted by atomic mass is 19.3. The van der Waals surface area contributed by atoms with Gasteiger partial charge < -0.3 is 20.4 Å². The summed E-state index contributed by atoms with van der Waals surface area (Å²) in [5.74, 6) is -2.96. The molecule has 0 atom stereocenters.